The molecule has 3 rings (SSSR count). The SMILES string of the molecule is O.[Br-].c1ccc([PH+](c2ccccc2)c2ccccc2)cc1. The summed E-state index contributed by atoms with van der Waals surface area (Å²) in [5.74, 6) is 0. The van der Waals surface area contributed by atoms with Gasteiger partial charge in [-0.2, -0.15) is 0 Å². The van der Waals surface area contributed by atoms with Gasteiger partial charge in [-0.05, 0) is 36.4 Å². The highest BCUT2D eigenvalue weighted by atomic mass is 79.9. The number of halogens is 1. The highest BCUT2D eigenvalue weighted by Gasteiger charge is 2.24. The summed E-state index contributed by atoms with van der Waals surface area (Å²) >= 11 is 0. The molecular formula is C18H18BrOP. The number of rotatable bonds is 3. The first-order valence-electron chi connectivity index (χ1n) is 6.48. The molecule has 0 fully saturated rings. The van der Waals surface area contributed by atoms with Gasteiger partial charge in [-0.25, -0.2) is 0 Å². The Labute approximate surface area is 137 Å². The van der Waals surface area contributed by atoms with Crippen molar-refractivity contribution in [2.45, 2.75) is 0 Å². The molecule has 0 saturated carbocycles. The van der Waals surface area contributed by atoms with Gasteiger partial charge in [0.25, 0.3) is 0 Å². The van der Waals surface area contributed by atoms with Crippen molar-refractivity contribution >= 4 is 23.8 Å². The van der Waals surface area contributed by atoms with Gasteiger partial charge in [-0.15, -0.1) is 0 Å². The van der Waals surface area contributed by atoms with Crippen molar-refractivity contribution < 1.29 is 22.5 Å². The van der Waals surface area contributed by atoms with Crippen molar-refractivity contribution in [1.82, 2.24) is 0 Å². The van der Waals surface area contributed by atoms with E-state index in [0.29, 0.717) is 0 Å². The molecule has 0 unspecified atom stereocenters. The van der Waals surface area contributed by atoms with Gasteiger partial charge in [0.15, 0.2) is 0 Å². The number of hydrogen-bond donors (Lipinski definition) is 0. The molecule has 0 spiro atoms. The zero-order valence-corrected chi connectivity index (χ0v) is 14.1. The summed E-state index contributed by atoms with van der Waals surface area (Å²) in [5, 5.41) is 4.31. The molecule has 0 aliphatic heterocycles. The summed E-state index contributed by atoms with van der Waals surface area (Å²) in [6.45, 7) is 0. The van der Waals surface area contributed by atoms with Gasteiger partial charge in [0.05, 0.1) is 7.92 Å². The van der Waals surface area contributed by atoms with E-state index in [4.69, 9.17) is 0 Å². The van der Waals surface area contributed by atoms with Crippen LogP contribution in [0.25, 0.3) is 0 Å². The van der Waals surface area contributed by atoms with Crippen molar-refractivity contribution in [2.24, 2.45) is 0 Å². The van der Waals surface area contributed by atoms with E-state index < -0.39 is 7.92 Å². The second-order valence-electron chi connectivity index (χ2n) is 4.47. The molecular weight excluding hydrogens is 343 g/mol. The normalized spacial score (nSPS) is 9.57. The minimum Gasteiger partial charge on any atom is -1.00 e. The van der Waals surface area contributed by atoms with Crippen LogP contribution >= 0.6 is 7.92 Å². The fourth-order valence-corrected chi connectivity index (χ4v) is 4.89. The average molecular weight is 361 g/mol. The highest BCUT2D eigenvalue weighted by Crippen LogP contribution is 2.32. The number of benzene rings is 3. The standard InChI is InChI=1S/C18H15P.BrH.H2O/c1-4-10-16(11-5-1)19(17-12-6-2-7-13-17)18-14-8-3-9-15-18;;/h1-15H;1H;1H2. The third kappa shape index (κ3) is 4.25. The van der Waals surface area contributed by atoms with E-state index in [1.54, 1.807) is 0 Å². The van der Waals surface area contributed by atoms with Crippen LogP contribution in [0.1, 0.15) is 0 Å². The van der Waals surface area contributed by atoms with Gasteiger partial charge >= 0.3 is 0 Å². The van der Waals surface area contributed by atoms with Crippen molar-refractivity contribution in [3.05, 3.63) is 91.0 Å². The molecule has 0 radical (unpaired) electrons. The van der Waals surface area contributed by atoms with E-state index in [2.05, 4.69) is 91.0 Å². The Balaban J connectivity index is 0.00000110. The first-order chi connectivity index (χ1) is 9.45. The lowest BCUT2D eigenvalue weighted by atomic mass is 10.4. The number of hydrogen-bond acceptors (Lipinski definition) is 0. The Hall–Kier alpha value is -1.47. The Morgan fingerprint density at radius 2 is 0.667 bits per heavy atom. The van der Waals surface area contributed by atoms with Crippen LogP contribution in [-0.4, -0.2) is 5.48 Å². The van der Waals surface area contributed by atoms with Gasteiger partial charge in [0.1, 0.15) is 15.9 Å². The predicted molar refractivity (Wildman–Crippen MR) is 90.2 cm³/mol. The fraction of sp³-hybridized carbons (Fsp3) is 0. The van der Waals surface area contributed by atoms with Crippen LogP contribution in [0, 0.1) is 0 Å². The summed E-state index contributed by atoms with van der Waals surface area (Å²) in [5.41, 5.74) is 0. The molecule has 0 aromatic heterocycles. The highest BCUT2D eigenvalue weighted by molar-refractivity contribution is 7.79. The molecule has 0 amide bonds. The molecule has 3 aromatic rings. The molecule has 3 aromatic carbocycles. The first-order valence-corrected chi connectivity index (χ1v) is 7.98. The van der Waals surface area contributed by atoms with Gasteiger partial charge in [0, 0.05) is 0 Å². The van der Waals surface area contributed by atoms with Crippen LogP contribution in [0.15, 0.2) is 91.0 Å². The van der Waals surface area contributed by atoms with E-state index in [-0.39, 0.29) is 22.5 Å². The molecule has 0 atom stereocenters. The van der Waals surface area contributed by atoms with Crippen LogP contribution in [0.3, 0.4) is 0 Å². The van der Waals surface area contributed by atoms with Gasteiger partial charge in [-0.1, -0.05) is 54.6 Å². The Morgan fingerprint density at radius 3 is 0.905 bits per heavy atom. The third-order valence-electron chi connectivity index (χ3n) is 3.19. The van der Waals surface area contributed by atoms with Gasteiger partial charge in [-0.3, -0.25) is 0 Å². The lowest BCUT2D eigenvalue weighted by molar-refractivity contribution is -0.00000478. The Bertz CT molecular complexity index is 535. The first kappa shape index (κ1) is 17.6. The zero-order chi connectivity index (χ0) is 12.9. The van der Waals surface area contributed by atoms with Crippen LogP contribution < -0.4 is 32.9 Å². The fourth-order valence-electron chi connectivity index (χ4n) is 2.31. The van der Waals surface area contributed by atoms with Crippen LogP contribution in [0.2, 0.25) is 0 Å². The maximum absolute atomic E-state index is 2.24. The van der Waals surface area contributed by atoms with Gasteiger partial charge in [0.2, 0.25) is 0 Å². The molecule has 0 saturated heterocycles. The largest absolute Gasteiger partial charge is 1.00 e. The summed E-state index contributed by atoms with van der Waals surface area (Å²) in [7, 11) is -0.877. The Kier molecular flexibility index (Phi) is 7.31. The van der Waals surface area contributed by atoms with E-state index in [1.165, 1.54) is 15.9 Å². The molecule has 21 heavy (non-hydrogen) atoms. The topological polar surface area (TPSA) is 31.5 Å². The summed E-state index contributed by atoms with van der Waals surface area (Å²) in [4.78, 5) is 0. The van der Waals surface area contributed by atoms with Gasteiger partial charge < -0.3 is 22.5 Å². The second kappa shape index (κ2) is 8.74. The van der Waals surface area contributed by atoms with Crippen LogP contribution in [0.5, 0.6) is 0 Å². The minimum atomic E-state index is -0.877. The van der Waals surface area contributed by atoms with Crippen molar-refractivity contribution in [3.8, 4) is 0 Å². The second-order valence-corrected chi connectivity index (χ2v) is 6.96. The van der Waals surface area contributed by atoms with Crippen LogP contribution in [-0.2, 0) is 0 Å². The maximum atomic E-state index is 2.24. The monoisotopic (exact) mass is 360 g/mol. The summed E-state index contributed by atoms with van der Waals surface area (Å²) in [6, 6.07) is 32.5. The zero-order valence-electron chi connectivity index (χ0n) is 11.5. The van der Waals surface area contributed by atoms with Crippen molar-refractivity contribution in [2.75, 3.05) is 0 Å². The lowest BCUT2D eigenvalue weighted by Gasteiger charge is -2.10. The smallest absolute Gasteiger partial charge is 0.102 e. The molecule has 2 N–H and O–H groups in total. The van der Waals surface area contributed by atoms with E-state index >= 15 is 0 Å². The summed E-state index contributed by atoms with van der Waals surface area (Å²) in [6.07, 6.45) is 0. The molecule has 0 aliphatic rings. The third-order valence-corrected chi connectivity index (χ3v) is 5.92. The molecule has 1 nitrogen and oxygen atoms in total. The quantitative estimate of drug-likeness (QED) is 0.556. The minimum absolute atomic E-state index is 0. The van der Waals surface area contributed by atoms with Crippen molar-refractivity contribution in [1.29, 1.82) is 0 Å². The van der Waals surface area contributed by atoms with E-state index in [0.717, 1.165) is 0 Å². The predicted octanol–water partition coefficient (Wildman–Crippen LogP) is -0.644. The molecule has 0 bridgehead atoms. The maximum Gasteiger partial charge on any atom is 0.102 e. The molecule has 0 heterocycles. The Morgan fingerprint density at radius 1 is 0.429 bits per heavy atom. The molecule has 0 aliphatic carbocycles. The summed E-state index contributed by atoms with van der Waals surface area (Å²) < 4.78 is 0. The van der Waals surface area contributed by atoms with Crippen LogP contribution in [0.4, 0.5) is 0 Å². The van der Waals surface area contributed by atoms with E-state index in [9.17, 15) is 0 Å². The average Bonchev–Trinajstić information content (AvgIpc) is 2.51. The lowest BCUT2D eigenvalue weighted by Crippen LogP contribution is -3.00. The molecule has 108 valence electrons. The van der Waals surface area contributed by atoms with Crippen molar-refractivity contribution in [3.63, 3.8) is 0 Å². The van der Waals surface area contributed by atoms with E-state index in [1.807, 2.05) is 0 Å². The molecule has 3 heteroatoms.